The largest absolute Gasteiger partial charge is 0.326 e. The van der Waals surface area contributed by atoms with E-state index in [1.54, 1.807) is 35.4 Å². The molecule has 0 aliphatic carbocycles. The summed E-state index contributed by atoms with van der Waals surface area (Å²) in [5, 5.41) is 4.67. The fourth-order valence-electron chi connectivity index (χ4n) is 3.96. The standard InChI is InChI=1S/C20H23N3O4S2/c1-14(24)23-10-8-15-12-17(6-7-18(15)23)21-20(25)16-4-2-9-22(13-16)29(26,27)19-5-3-11-28-19/h3,5-7,11-12,16H,2,4,8-10,13H2,1H3,(H,21,25). The van der Waals surface area contributed by atoms with Crippen LogP contribution in [0.2, 0.25) is 0 Å². The summed E-state index contributed by atoms with van der Waals surface area (Å²) >= 11 is 1.19. The molecule has 1 unspecified atom stereocenters. The van der Waals surface area contributed by atoms with Crippen molar-refractivity contribution in [3.63, 3.8) is 0 Å². The number of carbonyl (C=O) groups is 2. The summed E-state index contributed by atoms with van der Waals surface area (Å²) in [5.41, 5.74) is 2.60. The fraction of sp³-hybridized carbons (Fsp3) is 0.400. The third-order valence-corrected chi connectivity index (χ3v) is 8.71. The molecule has 2 aliphatic rings. The van der Waals surface area contributed by atoms with E-state index in [-0.39, 0.29) is 24.3 Å². The lowest BCUT2D eigenvalue weighted by Crippen LogP contribution is -2.43. The Bertz CT molecular complexity index is 1030. The lowest BCUT2D eigenvalue weighted by Gasteiger charge is -2.30. The predicted molar refractivity (Wildman–Crippen MR) is 113 cm³/mol. The maximum atomic E-state index is 12.8. The molecule has 1 aromatic heterocycles. The van der Waals surface area contributed by atoms with Gasteiger partial charge in [0.25, 0.3) is 10.0 Å². The Labute approximate surface area is 174 Å². The van der Waals surface area contributed by atoms with Crippen molar-refractivity contribution in [1.29, 1.82) is 0 Å². The zero-order valence-corrected chi connectivity index (χ0v) is 17.8. The van der Waals surface area contributed by atoms with E-state index in [2.05, 4.69) is 5.32 Å². The third-order valence-electron chi connectivity index (χ3n) is 5.47. The average molecular weight is 434 g/mol. The summed E-state index contributed by atoms with van der Waals surface area (Å²) in [6, 6.07) is 8.86. The molecule has 9 heteroatoms. The van der Waals surface area contributed by atoms with E-state index in [0.717, 1.165) is 17.7 Å². The zero-order valence-electron chi connectivity index (χ0n) is 16.1. The van der Waals surface area contributed by atoms with Crippen LogP contribution in [0.25, 0.3) is 0 Å². The van der Waals surface area contributed by atoms with Crippen molar-refractivity contribution in [1.82, 2.24) is 4.31 Å². The lowest BCUT2D eigenvalue weighted by atomic mass is 9.98. The molecule has 7 nitrogen and oxygen atoms in total. The van der Waals surface area contributed by atoms with Crippen molar-refractivity contribution in [3.8, 4) is 0 Å². The molecule has 0 bridgehead atoms. The van der Waals surface area contributed by atoms with E-state index in [9.17, 15) is 18.0 Å². The molecule has 0 spiro atoms. The first kappa shape index (κ1) is 20.1. The minimum atomic E-state index is -3.55. The summed E-state index contributed by atoms with van der Waals surface area (Å²) in [6.07, 6.45) is 2.07. The molecule has 1 aromatic carbocycles. The van der Waals surface area contributed by atoms with E-state index in [0.29, 0.717) is 35.8 Å². The van der Waals surface area contributed by atoms with Crippen molar-refractivity contribution < 1.29 is 18.0 Å². The number of rotatable bonds is 4. The van der Waals surface area contributed by atoms with Crippen LogP contribution in [0, 0.1) is 5.92 Å². The summed E-state index contributed by atoms with van der Waals surface area (Å²) in [6.45, 7) is 2.82. The number of hydrogen-bond acceptors (Lipinski definition) is 5. The van der Waals surface area contributed by atoms with Crippen LogP contribution in [0.15, 0.2) is 39.9 Å². The van der Waals surface area contributed by atoms with Crippen LogP contribution in [0.1, 0.15) is 25.3 Å². The third kappa shape index (κ3) is 3.94. The van der Waals surface area contributed by atoms with Gasteiger partial charge in [-0.3, -0.25) is 9.59 Å². The highest BCUT2D eigenvalue weighted by Gasteiger charge is 2.34. The molecule has 1 atom stereocenters. The van der Waals surface area contributed by atoms with E-state index in [1.165, 1.54) is 15.6 Å². The molecule has 1 N–H and O–H groups in total. The molecule has 154 valence electrons. The number of thiophene rings is 1. The predicted octanol–water partition coefficient (Wildman–Crippen LogP) is 2.70. The van der Waals surface area contributed by atoms with Gasteiger partial charge in [0.1, 0.15) is 4.21 Å². The number of sulfonamides is 1. The van der Waals surface area contributed by atoms with Crippen molar-refractivity contribution in [3.05, 3.63) is 41.3 Å². The van der Waals surface area contributed by atoms with Crippen LogP contribution < -0.4 is 10.2 Å². The molecule has 0 saturated carbocycles. The number of piperidine rings is 1. The van der Waals surface area contributed by atoms with Crippen LogP contribution in [-0.4, -0.2) is 44.2 Å². The molecule has 0 radical (unpaired) electrons. The Hall–Kier alpha value is -2.23. The quantitative estimate of drug-likeness (QED) is 0.803. The molecule has 1 saturated heterocycles. The van der Waals surface area contributed by atoms with Gasteiger partial charge < -0.3 is 10.2 Å². The number of nitrogens with one attached hydrogen (secondary N) is 1. The number of anilines is 2. The van der Waals surface area contributed by atoms with Crippen molar-refractivity contribution in [2.24, 2.45) is 5.92 Å². The van der Waals surface area contributed by atoms with Crippen LogP contribution in [0.3, 0.4) is 0 Å². The molecular weight excluding hydrogens is 410 g/mol. The highest BCUT2D eigenvalue weighted by atomic mass is 32.2. The molecule has 2 aromatic rings. The van der Waals surface area contributed by atoms with Gasteiger partial charge in [0.05, 0.1) is 5.92 Å². The summed E-state index contributed by atoms with van der Waals surface area (Å²) < 4.78 is 27.3. The SMILES string of the molecule is CC(=O)N1CCc2cc(NC(=O)C3CCCN(S(=O)(=O)c4cccs4)C3)ccc21. The number of carbonyl (C=O) groups excluding carboxylic acids is 2. The van der Waals surface area contributed by atoms with Gasteiger partial charge in [-0.1, -0.05) is 6.07 Å². The Balaban J connectivity index is 1.45. The van der Waals surface area contributed by atoms with E-state index < -0.39 is 10.0 Å². The Morgan fingerprint density at radius 2 is 2.03 bits per heavy atom. The number of fused-ring (bicyclic) bond motifs is 1. The molecule has 29 heavy (non-hydrogen) atoms. The normalized spacial score (nSPS) is 19.8. The Morgan fingerprint density at radius 1 is 1.21 bits per heavy atom. The van der Waals surface area contributed by atoms with Gasteiger partial charge in [-0.25, -0.2) is 8.42 Å². The highest BCUT2D eigenvalue weighted by Crippen LogP contribution is 2.31. The van der Waals surface area contributed by atoms with Crippen LogP contribution in [0.5, 0.6) is 0 Å². The number of amides is 2. The molecule has 4 rings (SSSR count). The van der Waals surface area contributed by atoms with Gasteiger partial charge in [-0.15, -0.1) is 11.3 Å². The monoisotopic (exact) mass is 433 g/mol. The minimum Gasteiger partial charge on any atom is -0.326 e. The lowest BCUT2D eigenvalue weighted by molar-refractivity contribution is -0.121. The van der Waals surface area contributed by atoms with Gasteiger partial charge in [0, 0.05) is 37.9 Å². The number of nitrogens with zero attached hydrogens (tertiary/aromatic N) is 2. The van der Waals surface area contributed by atoms with E-state index in [1.807, 2.05) is 12.1 Å². The smallest absolute Gasteiger partial charge is 0.252 e. The molecule has 2 aliphatic heterocycles. The van der Waals surface area contributed by atoms with Crippen LogP contribution in [-0.2, 0) is 26.0 Å². The summed E-state index contributed by atoms with van der Waals surface area (Å²) in [5.74, 6) is -0.548. The Morgan fingerprint density at radius 3 is 2.76 bits per heavy atom. The Kier molecular flexibility index (Phi) is 5.46. The van der Waals surface area contributed by atoms with Gasteiger partial charge in [-0.2, -0.15) is 4.31 Å². The number of hydrogen-bond donors (Lipinski definition) is 1. The highest BCUT2D eigenvalue weighted by molar-refractivity contribution is 7.91. The average Bonchev–Trinajstić information content (AvgIpc) is 3.38. The first-order chi connectivity index (χ1) is 13.9. The molecule has 2 amide bonds. The van der Waals surface area contributed by atoms with E-state index in [4.69, 9.17) is 0 Å². The second-order valence-corrected chi connectivity index (χ2v) is 10.5. The van der Waals surface area contributed by atoms with Gasteiger partial charge >= 0.3 is 0 Å². The zero-order chi connectivity index (χ0) is 20.6. The maximum absolute atomic E-state index is 12.8. The minimum absolute atomic E-state index is 0.00906. The summed E-state index contributed by atoms with van der Waals surface area (Å²) in [4.78, 5) is 26.2. The van der Waals surface area contributed by atoms with E-state index >= 15 is 0 Å². The fourth-order valence-corrected chi connectivity index (χ4v) is 6.63. The van der Waals surface area contributed by atoms with Gasteiger partial charge in [0.15, 0.2) is 0 Å². The molecule has 3 heterocycles. The van der Waals surface area contributed by atoms with Crippen LogP contribution >= 0.6 is 11.3 Å². The van der Waals surface area contributed by atoms with Crippen LogP contribution in [0.4, 0.5) is 11.4 Å². The van der Waals surface area contributed by atoms with Crippen molar-refractivity contribution in [2.75, 3.05) is 29.9 Å². The first-order valence-electron chi connectivity index (χ1n) is 9.62. The topological polar surface area (TPSA) is 86.8 Å². The first-order valence-corrected chi connectivity index (χ1v) is 11.9. The second kappa shape index (κ2) is 7.89. The molecular formula is C20H23N3O4S2. The molecule has 1 fully saturated rings. The maximum Gasteiger partial charge on any atom is 0.252 e. The second-order valence-electron chi connectivity index (χ2n) is 7.39. The number of benzene rings is 1. The summed E-state index contributed by atoms with van der Waals surface area (Å²) in [7, 11) is -3.55. The van der Waals surface area contributed by atoms with Crippen molar-refractivity contribution in [2.45, 2.75) is 30.4 Å². The van der Waals surface area contributed by atoms with Gasteiger partial charge in [-0.05, 0) is 54.5 Å². The van der Waals surface area contributed by atoms with Crippen molar-refractivity contribution >= 4 is 44.5 Å². The van der Waals surface area contributed by atoms with Gasteiger partial charge in [0.2, 0.25) is 11.8 Å².